The zero-order chi connectivity index (χ0) is 22.6. The van der Waals surface area contributed by atoms with Gasteiger partial charge in [-0.15, -0.1) is 5.11 Å². The van der Waals surface area contributed by atoms with Gasteiger partial charge in [0, 0.05) is 21.1 Å². The van der Waals surface area contributed by atoms with E-state index in [1.165, 1.54) is 12.1 Å². The molecule has 8 nitrogen and oxygen atoms in total. The number of hydrogen-bond donors (Lipinski definition) is 2. The molecule has 0 spiro atoms. The summed E-state index contributed by atoms with van der Waals surface area (Å²) in [5.74, 6) is -0.0173. The molecule has 0 saturated carbocycles. The molecular weight excluding hydrogens is 448 g/mol. The third-order valence-corrected chi connectivity index (χ3v) is 6.19. The van der Waals surface area contributed by atoms with Crippen LogP contribution >= 0.6 is 10.8 Å². The Morgan fingerprint density at radius 1 is 0.688 bits per heavy atom. The van der Waals surface area contributed by atoms with E-state index < -0.39 is 9.15 Å². The molecule has 10 heteroatoms. The molecule has 160 valence electrons. The molecule has 32 heavy (non-hydrogen) atoms. The van der Waals surface area contributed by atoms with Crippen molar-refractivity contribution in [3.8, 4) is 5.75 Å². The minimum atomic E-state index is -4.18. The fourth-order valence-corrected chi connectivity index (χ4v) is 4.40. The number of hydrogen-bond acceptors (Lipinski definition) is 8. The molecule has 0 aromatic heterocycles. The lowest BCUT2D eigenvalue weighted by Gasteiger charge is -2.04. The van der Waals surface area contributed by atoms with E-state index in [-0.39, 0.29) is 11.4 Å². The van der Waals surface area contributed by atoms with E-state index in [4.69, 9.17) is 4.55 Å². The van der Waals surface area contributed by atoms with Crippen molar-refractivity contribution >= 4 is 53.5 Å². The summed E-state index contributed by atoms with van der Waals surface area (Å²) >= 11 is 0. The highest BCUT2D eigenvalue weighted by molar-refractivity contribution is 8.69. The van der Waals surface area contributed by atoms with Crippen molar-refractivity contribution in [2.45, 2.75) is 4.90 Å². The normalized spacial score (nSPS) is 12.2. The summed E-state index contributed by atoms with van der Waals surface area (Å²) < 4.78 is 30.7. The largest absolute Gasteiger partial charge is 0.505 e. The van der Waals surface area contributed by atoms with E-state index in [1.807, 2.05) is 36.4 Å². The third kappa shape index (κ3) is 5.55. The van der Waals surface area contributed by atoms with E-state index >= 15 is 0 Å². The number of rotatable bonds is 6. The predicted molar refractivity (Wildman–Crippen MR) is 124 cm³/mol. The van der Waals surface area contributed by atoms with Gasteiger partial charge in [0.1, 0.15) is 5.69 Å². The molecule has 2 N–H and O–H groups in total. The van der Waals surface area contributed by atoms with Crippen LogP contribution < -0.4 is 0 Å². The van der Waals surface area contributed by atoms with Crippen LogP contribution in [0.4, 0.5) is 22.7 Å². The first kappa shape index (κ1) is 21.6. The Morgan fingerprint density at radius 3 is 2.03 bits per heavy atom. The van der Waals surface area contributed by atoms with Crippen molar-refractivity contribution in [3.05, 3.63) is 84.9 Å². The molecule has 0 aliphatic rings. The monoisotopic (exact) mass is 464 g/mol. The van der Waals surface area contributed by atoms with Gasteiger partial charge in [-0.25, -0.2) is 0 Å². The fraction of sp³-hybridized carbons (Fsp3) is 0. The summed E-state index contributed by atoms with van der Waals surface area (Å²) in [7, 11) is -3.84. The Morgan fingerprint density at radius 2 is 1.31 bits per heavy atom. The Bertz CT molecular complexity index is 1420. The maximum absolute atomic E-state index is 10.9. The zero-order valence-corrected chi connectivity index (χ0v) is 18.0. The molecule has 0 radical (unpaired) electrons. The highest BCUT2D eigenvalue weighted by Gasteiger charge is 2.09. The molecule has 0 unspecified atom stereocenters. The van der Waals surface area contributed by atoms with Gasteiger partial charge in [0.2, 0.25) is 0 Å². The first-order valence-electron chi connectivity index (χ1n) is 9.29. The van der Waals surface area contributed by atoms with Crippen LogP contribution in [-0.2, 0) is 9.15 Å². The van der Waals surface area contributed by atoms with Crippen molar-refractivity contribution in [2.24, 2.45) is 20.5 Å². The van der Waals surface area contributed by atoms with Crippen LogP contribution in [0.5, 0.6) is 5.75 Å². The molecule has 4 aromatic carbocycles. The minimum Gasteiger partial charge on any atom is -0.505 e. The molecule has 0 saturated heterocycles. The third-order valence-electron chi connectivity index (χ3n) is 4.30. The maximum Gasteiger partial charge on any atom is 0.324 e. The van der Waals surface area contributed by atoms with Gasteiger partial charge in [0.05, 0.1) is 17.1 Å². The van der Waals surface area contributed by atoms with Gasteiger partial charge in [0.15, 0.2) is 5.75 Å². The summed E-state index contributed by atoms with van der Waals surface area (Å²) in [6, 6.07) is 24.2. The van der Waals surface area contributed by atoms with Gasteiger partial charge in [0.25, 0.3) is 0 Å². The topological polar surface area (TPSA) is 124 Å². The van der Waals surface area contributed by atoms with Crippen LogP contribution in [0.3, 0.4) is 0 Å². The smallest absolute Gasteiger partial charge is 0.324 e. The summed E-state index contributed by atoms with van der Waals surface area (Å²) in [5.41, 5.74) is 2.14. The fourth-order valence-electron chi connectivity index (χ4n) is 2.84. The highest BCUT2D eigenvalue weighted by atomic mass is 33.1. The number of nitrogens with zero attached hydrogens (tertiary/aromatic N) is 4. The van der Waals surface area contributed by atoms with Crippen molar-refractivity contribution in [1.29, 1.82) is 0 Å². The lowest BCUT2D eigenvalue weighted by molar-refractivity contribution is 0.482. The van der Waals surface area contributed by atoms with Crippen LogP contribution in [0.25, 0.3) is 10.8 Å². The van der Waals surface area contributed by atoms with E-state index in [0.29, 0.717) is 32.5 Å². The molecular formula is C22H16N4O4S2. The molecule has 0 aliphatic heterocycles. The van der Waals surface area contributed by atoms with Crippen LogP contribution in [0.2, 0.25) is 0 Å². The van der Waals surface area contributed by atoms with Gasteiger partial charge in [-0.2, -0.15) is 23.8 Å². The van der Waals surface area contributed by atoms with E-state index in [0.717, 1.165) is 11.1 Å². The van der Waals surface area contributed by atoms with Crippen molar-refractivity contribution in [2.75, 3.05) is 0 Å². The van der Waals surface area contributed by atoms with Gasteiger partial charge >= 0.3 is 9.15 Å². The van der Waals surface area contributed by atoms with Crippen LogP contribution in [0.1, 0.15) is 0 Å². The van der Waals surface area contributed by atoms with Crippen molar-refractivity contribution in [1.82, 2.24) is 0 Å². The molecule has 0 fully saturated rings. The van der Waals surface area contributed by atoms with Gasteiger partial charge in [-0.1, -0.05) is 24.3 Å². The lowest BCUT2D eigenvalue weighted by Crippen LogP contribution is -1.87. The number of aromatic hydroxyl groups is 1. The molecule has 4 aromatic rings. The van der Waals surface area contributed by atoms with E-state index in [9.17, 15) is 13.5 Å². The van der Waals surface area contributed by atoms with E-state index in [2.05, 4.69) is 20.5 Å². The first-order chi connectivity index (χ1) is 15.4. The van der Waals surface area contributed by atoms with Gasteiger partial charge < -0.3 is 5.11 Å². The average molecular weight is 465 g/mol. The van der Waals surface area contributed by atoms with Crippen LogP contribution in [0, 0.1) is 0 Å². The number of phenols is 1. The maximum atomic E-state index is 10.9. The van der Waals surface area contributed by atoms with Gasteiger partial charge in [-0.05, 0) is 66.0 Å². The number of fused-ring (bicyclic) bond motifs is 1. The van der Waals surface area contributed by atoms with Crippen molar-refractivity contribution in [3.63, 3.8) is 0 Å². The molecule has 0 bridgehead atoms. The second kappa shape index (κ2) is 9.27. The number of benzene rings is 4. The second-order valence-electron chi connectivity index (χ2n) is 6.58. The Hall–Kier alpha value is -3.60. The van der Waals surface area contributed by atoms with Crippen LogP contribution in [0.15, 0.2) is 110 Å². The average Bonchev–Trinajstić information content (AvgIpc) is 2.78. The zero-order valence-electron chi connectivity index (χ0n) is 16.4. The quantitative estimate of drug-likeness (QED) is 0.176. The molecule has 0 amide bonds. The SMILES string of the molecule is O=S(=O)(O)Sc1ccc(N=Nc2ccc3cc(N=Nc4ccccc4)ccc3c2O)cc1. The van der Waals surface area contributed by atoms with Gasteiger partial charge in [-0.3, -0.25) is 4.55 Å². The number of azo groups is 2. The summed E-state index contributed by atoms with van der Waals surface area (Å²) in [5, 5.41) is 28.5. The van der Waals surface area contributed by atoms with E-state index in [1.54, 1.807) is 36.4 Å². The summed E-state index contributed by atoms with van der Waals surface area (Å²) in [4.78, 5) is 0.347. The standard InChI is InChI=1S/C22H16N4O4S2/c27-22-20-12-9-18(25-23-16-4-2-1-3-5-16)14-15(20)6-13-21(22)26-24-17-7-10-19(11-8-17)31-32(28,29)30/h1-14,27H,(H,28,29,30). The Kier molecular flexibility index (Phi) is 6.26. The second-order valence-corrected chi connectivity index (χ2v) is 9.84. The first-order valence-corrected chi connectivity index (χ1v) is 12.1. The summed E-state index contributed by atoms with van der Waals surface area (Å²) in [6.45, 7) is 0. The Balaban J connectivity index is 1.54. The molecule has 0 aliphatic carbocycles. The molecule has 4 rings (SSSR count). The predicted octanol–water partition coefficient (Wildman–Crippen LogP) is 7.27. The van der Waals surface area contributed by atoms with Crippen LogP contribution in [-0.4, -0.2) is 18.1 Å². The van der Waals surface area contributed by atoms with Crippen molar-refractivity contribution < 1.29 is 18.1 Å². The lowest BCUT2D eigenvalue weighted by atomic mass is 10.1. The number of phenolic OH excluding ortho intramolecular Hbond substituents is 1. The highest BCUT2D eigenvalue weighted by Crippen LogP contribution is 2.37. The molecule has 0 heterocycles. The molecule has 0 atom stereocenters. The summed E-state index contributed by atoms with van der Waals surface area (Å²) in [6.07, 6.45) is 0. The Labute approximate surface area is 187 Å². The minimum absolute atomic E-state index is 0.0173.